The minimum absolute atomic E-state index is 0.00794. The second-order valence-corrected chi connectivity index (χ2v) is 18.6. The second-order valence-electron chi connectivity index (χ2n) is 14.4. The molecular formula is C35H46O2Si. The standard InChI is InChI=1S/C35H46O2Si/c1-33(2,3)38(27-12-8-6-9-13-27,28-14-10-7-11-15-28)37-32-19-18-30-29-17-16-25-24-26(36)20-22-34(25,4)31(29)21-23-35(30,32)5/h6-15,24,29-32H,16-23H2,1-5H3/t29-,30-,31+,32+,34+,35+/m1/s1. The first-order valence-electron chi connectivity index (χ1n) is 15.1. The molecular weight excluding hydrogens is 480 g/mol. The average Bonchev–Trinajstić information content (AvgIpc) is 3.24. The van der Waals surface area contributed by atoms with E-state index in [1.807, 2.05) is 6.08 Å². The van der Waals surface area contributed by atoms with Crippen LogP contribution >= 0.6 is 0 Å². The summed E-state index contributed by atoms with van der Waals surface area (Å²) in [7, 11) is -2.58. The van der Waals surface area contributed by atoms with Gasteiger partial charge < -0.3 is 4.43 Å². The molecule has 0 amide bonds. The summed E-state index contributed by atoms with van der Waals surface area (Å²) in [5, 5.41) is 2.80. The van der Waals surface area contributed by atoms with Crippen LogP contribution in [0.15, 0.2) is 72.3 Å². The SMILES string of the molecule is CC(C)(C)[Si](O[C@H]1CC[C@@H]2[C@H]3CCC4=CC(=O)CC[C@]4(C)[C@H]3CC[C@]12C)(c1ccccc1)c1ccccc1. The van der Waals surface area contributed by atoms with Gasteiger partial charge in [-0.2, -0.15) is 0 Å². The molecule has 0 aliphatic heterocycles. The molecule has 4 aliphatic rings. The number of allylic oxidation sites excluding steroid dienone is 1. The fourth-order valence-electron chi connectivity index (χ4n) is 9.61. The highest BCUT2D eigenvalue weighted by Gasteiger charge is 2.62. The molecule has 202 valence electrons. The Bertz CT molecular complexity index is 1170. The number of hydrogen-bond donors (Lipinski definition) is 0. The summed E-state index contributed by atoms with van der Waals surface area (Å²) in [6.07, 6.45) is 11.5. The molecule has 0 aromatic heterocycles. The molecule has 4 aliphatic carbocycles. The first kappa shape index (κ1) is 26.3. The zero-order chi connectivity index (χ0) is 26.8. The fourth-order valence-corrected chi connectivity index (χ4v) is 14.4. The number of hydrogen-bond acceptors (Lipinski definition) is 2. The van der Waals surface area contributed by atoms with Crippen molar-refractivity contribution in [3.63, 3.8) is 0 Å². The summed E-state index contributed by atoms with van der Waals surface area (Å²) in [4.78, 5) is 12.3. The number of rotatable bonds is 4. The summed E-state index contributed by atoms with van der Waals surface area (Å²) in [5.74, 6) is 2.56. The van der Waals surface area contributed by atoms with Gasteiger partial charge in [-0.15, -0.1) is 0 Å². The third kappa shape index (κ3) is 3.86. The van der Waals surface area contributed by atoms with Gasteiger partial charge in [0.1, 0.15) is 0 Å². The van der Waals surface area contributed by atoms with Crippen molar-refractivity contribution in [1.29, 1.82) is 0 Å². The lowest BCUT2D eigenvalue weighted by atomic mass is 9.47. The van der Waals surface area contributed by atoms with Gasteiger partial charge in [0.25, 0.3) is 8.32 Å². The Kier molecular flexibility index (Phi) is 6.43. The predicted octanol–water partition coefficient (Wildman–Crippen LogP) is 7.46. The largest absolute Gasteiger partial charge is 0.404 e. The van der Waals surface area contributed by atoms with Gasteiger partial charge in [0.15, 0.2) is 5.78 Å². The van der Waals surface area contributed by atoms with Gasteiger partial charge in [0, 0.05) is 6.42 Å². The molecule has 0 N–H and O–H groups in total. The van der Waals surface area contributed by atoms with Crippen molar-refractivity contribution in [2.75, 3.05) is 0 Å². The summed E-state index contributed by atoms with van der Waals surface area (Å²) in [6.45, 7) is 12.3. The molecule has 2 nitrogen and oxygen atoms in total. The van der Waals surface area contributed by atoms with Gasteiger partial charge in [-0.05, 0) is 95.0 Å². The second kappa shape index (κ2) is 9.30. The van der Waals surface area contributed by atoms with Crippen LogP contribution in [0, 0.1) is 28.6 Å². The molecule has 0 saturated heterocycles. The van der Waals surface area contributed by atoms with Gasteiger partial charge >= 0.3 is 0 Å². The van der Waals surface area contributed by atoms with E-state index >= 15 is 0 Å². The summed E-state index contributed by atoms with van der Waals surface area (Å²) in [5.41, 5.74) is 1.92. The fraction of sp³-hybridized carbons (Fsp3) is 0.571. The summed E-state index contributed by atoms with van der Waals surface area (Å²) >= 11 is 0. The van der Waals surface area contributed by atoms with E-state index in [1.54, 1.807) is 0 Å². The number of fused-ring (bicyclic) bond motifs is 5. The van der Waals surface area contributed by atoms with Crippen molar-refractivity contribution in [2.24, 2.45) is 28.6 Å². The van der Waals surface area contributed by atoms with Crippen LogP contribution in [0.4, 0.5) is 0 Å². The van der Waals surface area contributed by atoms with Gasteiger partial charge in [-0.1, -0.05) is 101 Å². The Hall–Kier alpha value is -1.97. The zero-order valence-corrected chi connectivity index (χ0v) is 25.1. The topological polar surface area (TPSA) is 26.3 Å². The van der Waals surface area contributed by atoms with Crippen molar-refractivity contribution >= 4 is 24.5 Å². The van der Waals surface area contributed by atoms with Crippen molar-refractivity contribution in [2.45, 2.75) is 97.1 Å². The van der Waals surface area contributed by atoms with Crippen LogP contribution in [-0.4, -0.2) is 20.2 Å². The summed E-state index contributed by atoms with van der Waals surface area (Å²) < 4.78 is 7.82. The molecule has 0 heterocycles. The highest BCUT2D eigenvalue weighted by Crippen LogP contribution is 2.66. The third-order valence-electron chi connectivity index (χ3n) is 11.6. The Morgan fingerprint density at radius 2 is 1.42 bits per heavy atom. The van der Waals surface area contributed by atoms with E-state index < -0.39 is 8.32 Å². The van der Waals surface area contributed by atoms with Crippen LogP contribution in [0.5, 0.6) is 0 Å². The van der Waals surface area contributed by atoms with E-state index in [4.69, 9.17) is 4.43 Å². The maximum atomic E-state index is 12.3. The lowest BCUT2D eigenvalue weighted by molar-refractivity contribution is -0.117. The molecule has 6 atom stereocenters. The molecule has 0 bridgehead atoms. The number of carbonyl (C=O) groups is 1. The van der Waals surface area contributed by atoms with Gasteiger partial charge in [-0.3, -0.25) is 4.79 Å². The van der Waals surface area contributed by atoms with Crippen LogP contribution < -0.4 is 10.4 Å². The average molecular weight is 527 g/mol. The van der Waals surface area contributed by atoms with Crippen LogP contribution in [0.3, 0.4) is 0 Å². The number of ketones is 1. The monoisotopic (exact) mass is 526 g/mol. The molecule has 38 heavy (non-hydrogen) atoms. The van der Waals surface area contributed by atoms with Crippen molar-refractivity contribution in [3.8, 4) is 0 Å². The van der Waals surface area contributed by atoms with E-state index in [1.165, 1.54) is 48.1 Å². The molecule has 0 unspecified atom stereocenters. The van der Waals surface area contributed by atoms with E-state index in [0.717, 1.165) is 37.0 Å². The first-order chi connectivity index (χ1) is 18.1. The highest BCUT2D eigenvalue weighted by atomic mass is 28.4. The minimum Gasteiger partial charge on any atom is -0.404 e. The van der Waals surface area contributed by atoms with E-state index in [0.29, 0.717) is 5.78 Å². The third-order valence-corrected chi connectivity index (χ3v) is 16.7. The maximum Gasteiger partial charge on any atom is 0.261 e. The Morgan fingerprint density at radius 3 is 2.03 bits per heavy atom. The highest BCUT2D eigenvalue weighted by molar-refractivity contribution is 6.99. The molecule has 0 radical (unpaired) electrons. The molecule has 0 spiro atoms. The van der Waals surface area contributed by atoms with Gasteiger partial charge in [0.2, 0.25) is 0 Å². The smallest absolute Gasteiger partial charge is 0.261 e. The van der Waals surface area contributed by atoms with Gasteiger partial charge in [0.05, 0.1) is 6.10 Å². The van der Waals surface area contributed by atoms with Crippen LogP contribution in [0.25, 0.3) is 0 Å². The molecule has 3 saturated carbocycles. The Labute approximate surface area is 231 Å². The van der Waals surface area contributed by atoms with E-state index in [-0.39, 0.29) is 22.0 Å². The molecule has 3 heteroatoms. The number of carbonyl (C=O) groups excluding carboxylic acids is 1. The van der Waals surface area contributed by atoms with Gasteiger partial charge in [-0.25, -0.2) is 0 Å². The molecule has 3 fully saturated rings. The van der Waals surface area contributed by atoms with Crippen molar-refractivity contribution in [3.05, 3.63) is 72.3 Å². The van der Waals surface area contributed by atoms with E-state index in [2.05, 4.69) is 95.3 Å². The number of benzene rings is 2. The van der Waals surface area contributed by atoms with Crippen molar-refractivity contribution < 1.29 is 9.22 Å². The maximum absolute atomic E-state index is 12.3. The molecule has 6 rings (SSSR count). The van der Waals surface area contributed by atoms with Crippen LogP contribution in [0.2, 0.25) is 5.04 Å². The van der Waals surface area contributed by atoms with Crippen LogP contribution in [-0.2, 0) is 9.22 Å². The molecule has 2 aromatic rings. The van der Waals surface area contributed by atoms with Crippen LogP contribution in [0.1, 0.15) is 86.0 Å². The van der Waals surface area contributed by atoms with Crippen molar-refractivity contribution in [1.82, 2.24) is 0 Å². The Morgan fingerprint density at radius 1 is 0.789 bits per heavy atom. The quantitative estimate of drug-likeness (QED) is 0.386. The Balaban J connectivity index is 1.37. The summed E-state index contributed by atoms with van der Waals surface area (Å²) in [6, 6.07) is 22.4. The normalized spacial score (nSPS) is 35.2. The zero-order valence-electron chi connectivity index (χ0n) is 24.1. The van der Waals surface area contributed by atoms with E-state index in [9.17, 15) is 4.79 Å². The minimum atomic E-state index is -2.58. The molecule has 2 aromatic carbocycles. The lowest BCUT2D eigenvalue weighted by Crippen LogP contribution is -2.68. The first-order valence-corrected chi connectivity index (χ1v) is 17.0. The lowest BCUT2D eigenvalue weighted by Gasteiger charge is -2.58. The predicted molar refractivity (Wildman–Crippen MR) is 159 cm³/mol.